The zero-order chi connectivity index (χ0) is 21.0. The first-order chi connectivity index (χ1) is 14.8. The fourth-order valence-corrected chi connectivity index (χ4v) is 6.35. The van der Waals surface area contributed by atoms with Crippen LogP contribution in [0.1, 0.15) is 128 Å². The van der Waals surface area contributed by atoms with Crippen molar-refractivity contribution in [1.82, 2.24) is 9.97 Å². The number of hydrogen-bond acceptors (Lipinski definition) is 2. The van der Waals surface area contributed by atoms with E-state index in [1.165, 1.54) is 108 Å². The van der Waals surface area contributed by atoms with Gasteiger partial charge in [-0.2, -0.15) is 0 Å². The largest absolute Gasteiger partial charge is 0.241 e. The molecule has 1 aromatic rings. The summed E-state index contributed by atoms with van der Waals surface area (Å²) in [6.45, 7) is 4.63. The van der Waals surface area contributed by atoms with Gasteiger partial charge >= 0.3 is 0 Å². The third-order valence-electron chi connectivity index (χ3n) is 8.20. The second-order valence-corrected chi connectivity index (χ2v) is 10.5. The first-order valence-corrected chi connectivity index (χ1v) is 13.6. The van der Waals surface area contributed by atoms with E-state index in [0.717, 1.165) is 42.3 Å². The van der Waals surface area contributed by atoms with E-state index in [4.69, 9.17) is 9.97 Å². The Morgan fingerprint density at radius 3 is 2.10 bits per heavy atom. The lowest BCUT2D eigenvalue weighted by Gasteiger charge is -2.39. The van der Waals surface area contributed by atoms with Crippen LogP contribution in [0, 0.1) is 23.7 Å². The summed E-state index contributed by atoms with van der Waals surface area (Å²) in [7, 11) is 0. The van der Waals surface area contributed by atoms with Crippen molar-refractivity contribution in [1.29, 1.82) is 0 Å². The minimum absolute atomic E-state index is 0.827. The van der Waals surface area contributed by atoms with E-state index in [1.54, 1.807) is 0 Å². The maximum atomic E-state index is 4.86. The molecule has 0 saturated heterocycles. The third kappa shape index (κ3) is 7.65. The number of aromatic nitrogens is 2. The van der Waals surface area contributed by atoms with E-state index in [-0.39, 0.29) is 0 Å². The van der Waals surface area contributed by atoms with Gasteiger partial charge in [0.2, 0.25) is 0 Å². The van der Waals surface area contributed by atoms with Crippen molar-refractivity contribution in [2.45, 2.75) is 129 Å². The lowest BCUT2D eigenvalue weighted by molar-refractivity contribution is 0.121. The molecule has 0 aromatic carbocycles. The predicted molar refractivity (Wildman–Crippen MR) is 129 cm³/mol. The van der Waals surface area contributed by atoms with Crippen LogP contribution in [0.15, 0.2) is 12.4 Å². The van der Waals surface area contributed by atoms with Crippen molar-refractivity contribution in [3.8, 4) is 0 Å². The van der Waals surface area contributed by atoms with Gasteiger partial charge in [0.15, 0.2) is 0 Å². The number of aryl methyl sites for hydroxylation is 1. The van der Waals surface area contributed by atoms with Crippen LogP contribution in [0.5, 0.6) is 0 Å². The summed E-state index contributed by atoms with van der Waals surface area (Å²) in [5.41, 5.74) is 1.34. The number of nitrogens with zero attached hydrogens (tertiary/aromatic N) is 2. The van der Waals surface area contributed by atoms with Crippen molar-refractivity contribution in [3.63, 3.8) is 0 Å². The molecule has 1 aromatic heterocycles. The van der Waals surface area contributed by atoms with E-state index in [9.17, 15) is 0 Å². The molecule has 170 valence electrons. The fraction of sp³-hybridized carbons (Fsp3) is 0.857. The van der Waals surface area contributed by atoms with Gasteiger partial charge in [0.1, 0.15) is 5.82 Å². The summed E-state index contributed by atoms with van der Waals surface area (Å²) >= 11 is 0. The summed E-state index contributed by atoms with van der Waals surface area (Å²) in [5, 5.41) is 0. The second-order valence-electron chi connectivity index (χ2n) is 10.5. The molecule has 2 nitrogen and oxygen atoms in total. The molecule has 0 spiro atoms. The van der Waals surface area contributed by atoms with Crippen LogP contribution in [0.2, 0.25) is 0 Å². The maximum Gasteiger partial charge on any atom is 0.128 e. The van der Waals surface area contributed by atoms with Crippen LogP contribution in [0.25, 0.3) is 0 Å². The molecule has 0 aliphatic heterocycles. The number of rotatable bonds is 12. The zero-order valence-corrected chi connectivity index (χ0v) is 20.1. The highest BCUT2D eigenvalue weighted by Gasteiger charge is 2.33. The average Bonchev–Trinajstić information content (AvgIpc) is 2.80. The minimum atomic E-state index is 0.827. The van der Waals surface area contributed by atoms with E-state index < -0.39 is 0 Å². The Morgan fingerprint density at radius 1 is 0.767 bits per heavy atom. The first kappa shape index (κ1) is 23.7. The Kier molecular flexibility index (Phi) is 10.7. The molecule has 0 radical (unpaired) electrons. The van der Waals surface area contributed by atoms with Gasteiger partial charge in [-0.1, -0.05) is 97.3 Å². The first-order valence-electron chi connectivity index (χ1n) is 13.6. The van der Waals surface area contributed by atoms with Crippen molar-refractivity contribution in [2.75, 3.05) is 0 Å². The van der Waals surface area contributed by atoms with Crippen LogP contribution in [-0.2, 0) is 12.8 Å². The zero-order valence-electron chi connectivity index (χ0n) is 20.1. The number of hydrogen-bond donors (Lipinski definition) is 0. The highest BCUT2D eigenvalue weighted by Crippen LogP contribution is 2.43. The van der Waals surface area contributed by atoms with Gasteiger partial charge in [0, 0.05) is 18.8 Å². The van der Waals surface area contributed by atoms with Crippen molar-refractivity contribution < 1.29 is 0 Å². The van der Waals surface area contributed by atoms with Crippen LogP contribution in [0.3, 0.4) is 0 Å². The Labute approximate surface area is 187 Å². The third-order valence-corrected chi connectivity index (χ3v) is 8.20. The van der Waals surface area contributed by atoms with E-state index in [0.29, 0.717) is 0 Å². The summed E-state index contributed by atoms with van der Waals surface area (Å²) in [6.07, 6.45) is 29.2. The molecular formula is C28H48N2. The van der Waals surface area contributed by atoms with Crippen LogP contribution >= 0.6 is 0 Å². The molecule has 2 heteroatoms. The lowest BCUT2D eigenvalue weighted by Crippen LogP contribution is -2.31. The smallest absolute Gasteiger partial charge is 0.128 e. The molecule has 2 aliphatic carbocycles. The van der Waals surface area contributed by atoms with Crippen molar-refractivity contribution in [3.05, 3.63) is 23.8 Å². The van der Waals surface area contributed by atoms with Gasteiger partial charge in [0.25, 0.3) is 0 Å². The Hall–Kier alpha value is -0.920. The molecule has 2 saturated carbocycles. The summed E-state index contributed by atoms with van der Waals surface area (Å²) in [6, 6.07) is 0. The fourth-order valence-electron chi connectivity index (χ4n) is 6.35. The highest BCUT2D eigenvalue weighted by molar-refractivity contribution is 5.06. The quantitative estimate of drug-likeness (QED) is 0.322. The molecule has 0 bridgehead atoms. The molecule has 1 heterocycles. The molecule has 0 N–H and O–H groups in total. The van der Waals surface area contributed by atoms with Crippen molar-refractivity contribution >= 4 is 0 Å². The van der Waals surface area contributed by atoms with E-state index in [2.05, 4.69) is 26.2 Å². The molecular weight excluding hydrogens is 364 g/mol. The van der Waals surface area contributed by atoms with Crippen molar-refractivity contribution in [2.24, 2.45) is 23.7 Å². The molecule has 3 rings (SSSR count). The highest BCUT2D eigenvalue weighted by atomic mass is 14.9. The average molecular weight is 413 g/mol. The summed E-state index contributed by atoms with van der Waals surface area (Å²) < 4.78 is 0. The van der Waals surface area contributed by atoms with Gasteiger partial charge in [-0.25, -0.2) is 9.97 Å². The lowest BCUT2D eigenvalue weighted by atomic mass is 9.66. The molecule has 1 unspecified atom stereocenters. The van der Waals surface area contributed by atoms with Gasteiger partial charge in [-0.3, -0.25) is 0 Å². The topological polar surface area (TPSA) is 25.8 Å². The van der Waals surface area contributed by atoms with E-state index >= 15 is 0 Å². The normalized spacial score (nSPS) is 24.1. The minimum Gasteiger partial charge on any atom is -0.241 e. The maximum absolute atomic E-state index is 4.86. The summed E-state index contributed by atoms with van der Waals surface area (Å²) in [4.78, 5) is 9.71. The second kappa shape index (κ2) is 13.5. The van der Waals surface area contributed by atoms with Gasteiger partial charge in [-0.15, -0.1) is 0 Å². The Balaban J connectivity index is 1.55. The molecule has 1 atom stereocenters. The molecule has 0 amide bonds. The predicted octanol–water partition coefficient (Wildman–Crippen LogP) is 8.34. The summed E-state index contributed by atoms with van der Waals surface area (Å²) in [5.74, 6) is 4.80. The Morgan fingerprint density at radius 2 is 1.43 bits per heavy atom. The van der Waals surface area contributed by atoms with E-state index in [1.807, 2.05) is 0 Å². The van der Waals surface area contributed by atoms with Crippen LogP contribution < -0.4 is 0 Å². The molecule has 30 heavy (non-hydrogen) atoms. The van der Waals surface area contributed by atoms with Gasteiger partial charge in [0.05, 0.1) is 0 Å². The SMILES string of the molecule is CCCCCCCc1cnc(CC(C2CCCCC2)C2CCC(CCC)CC2)nc1. The number of unbranched alkanes of at least 4 members (excludes halogenated alkanes) is 4. The molecule has 2 aliphatic rings. The van der Waals surface area contributed by atoms with Crippen LogP contribution in [-0.4, -0.2) is 9.97 Å². The Bertz CT molecular complexity index is 553. The standard InChI is InChI=1S/C28H48N2/c1-3-5-6-7-9-13-24-21-29-28(30-22-24)20-27(25-14-10-8-11-15-25)26-18-16-23(12-4-2)17-19-26/h21-23,25-27H,3-20H2,1-2H3. The monoisotopic (exact) mass is 412 g/mol. The van der Waals surface area contributed by atoms with Crippen LogP contribution in [0.4, 0.5) is 0 Å². The van der Waals surface area contributed by atoms with Gasteiger partial charge in [-0.05, 0) is 54.9 Å². The molecule has 2 fully saturated rings. The van der Waals surface area contributed by atoms with Gasteiger partial charge < -0.3 is 0 Å².